The van der Waals surface area contributed by atoms with Crippen LogP contribution in [0.15, 0.2) is 18.2 Å². The van der Waals surface area contributed by atoms with Crippen LogP contribution in [0.25, 0.3) is 0 Å². The maximum atomic E-state index is 12.1. The molecule has 0 bridgehead atoms. The van der Waals surface area contributed by atoms with Gasteiger partial charge in [0.25, 0.3) is 5.91 Å². The Bertz CT molecular complexity index is 506. The lowest BCUT2D eigenvalue weighted by atomic mass is 9.98. The Balaban J connectivity index is 2.22. The molecule has 1 aromatic rings. The van der Waals surface area contributed by atoms with Crippen molar-refractivity contribution in [2.45, 2.75) is 12.0 Å². The fraction of sp³-hybridized carbons (Fsp3) is 0.333. The van der Waals surface area contributed by atoms with Gasteiger partial charge in [-0.1, -0.05) is 11.6 Å². The highest BCUT2D eigenvalue weighted by Crippen LogP contribution is 2.21. The van der Waals surface area contributed by atoms with Gasteiger partial charge < -0.3 is 20.9 Å². The molecule has 1 atom stereocenters. The number of halogens is 1. The molecule has 0 radical (unpaired) electrons. The number of ether oxygens (including phenoxy) is 1. The number of carbonyl (C=O) groups excluding carboxylic acids is 1. The highest BCUT2D eigenvalue weighted by atomic mass is 35.5. The number of rotatable bonds is 3. The van der Waals surface area contributed by atoms with Gasteiger partial charge in [0, 0.05) is 29.3 Å². The molecule has 2 rings (SSSR count). The van der Waals surface area contributed by atoms with E-state index in [2.05, 4.69) is 5.32 Å². The average molecular weight is 285 g/mol. The third kappa shape index (κ3) is 2.80. The lowest BCUT2D eigenvalue weighted by Gasteiger charge is -2.23. The fourth-order valence-electron chi connectivity index (χ4n) is 1.92. The SMILES string of the molecule is Nc1cc(Cl)cc(C(=O)NC2(C(=O)O)CCOC2)c1. The van der Waals surface area contributed by atoms with E-state index >= 15 is 0 Å². The number of carboxylic acid groups (broad SMARTS) is 1. The van der Waals surface area contributed by atoms with Crippen molar-refractivity contribution >= 4 is 29.2 Å². The van der Waals surface area contributed by atoms with E-state index in [9.17, 15) is 14.7 Å². The predicted octanol–water partition coefficient (Wildman–Crippen LogP) is 0.896. The number of nitrogens with two attached hydrogens (primary N) is 1. The van der Waals surface area contributed by atoms with E-state index in [0.29, 0.717) is 17.3 Å². The molecular weight excluding hydrogens is 272 g/mol. The van der Waals surface area contributed by atoms with E-state index in [0.717, 1.165) is 0 Å². The van der Waals surface area contributed by atoms with Crippen molar-refractivity contribution in [2.24, 2.45) is 0 Å². The number of nitrogens with one attached hydrogen (secondary N) is 1. The van der Waals surface area contributed by atoms with Crippen LogP contribution in [0, 0.1) is 0 Å². The minimum Gasteiger partial charge on any atom is -0.479 e. The first-order valence-electron chi connectivity index (χ1n) is 5.63. The number of hydrogen-bond acceptors (Lipinski definition) is 4. The fourth-order valence-corrected chi connectivity index (χ4v) is 2.16. The molecule has 1 aromatic carbocycles. The number of anilines is 1. The van der Waals surface area contributed by atoms with Gasteiger partial charge in [0.2, 0.25) is 0 Å². The molecule has 1 aliphatic rings. The van der Waals surface area contributed by atoms with E-state index in [4.69, 9.17) is 22.1 Å². The molecule has 0 spiro atoms. The third-order valence-corrected chi connectivity index (χ3v) is 3.18. The van der Waals surface area contributed by atoms with Gasteiger partial charge in [-0.3, -0.25) is 4.79 Å². The molecule has 102 valence electrons. The number of hydrogen-bond donors (Lipinski definition) is 3. The van der Waals surface area contributed by atoms with Crippen LogP contribution in [0.3, 0.4) is 0 Å². The van der Waals surface area contributed by atoms with Gasteiger partial charge in [-0.15, -0.1) is 0 Å². The number of aliphatic carboxylic acids is 1. The van der Waals surface area contributed by atoms with E-state index < -0.39 is 17.4 Å². The summed E-state index contributed by atoms with van der Waals surface area (Å²) in [6, 6.07) is 4.37. The molecule has 19 heavy (non-hydrogen) atoms. The zero-order valence-corrected chi connectivity index (χ0v) is 10.7. The van der Waals surface area contributed by atoms with Crippen LogP contribution in [0.2, 0.25) is 5.02 Å². The van der Waals surface area contributed by atoms with Crippen LogP contribution < -0.4 is 11.1 Å². The molecule has 1 amide bonds. The smallest absolute Gasteiger partial charge is 0.331 e. The van der Waals surface area contributed by atoms with Gasteiger partial charge in [0.1, 0.15) is 0 Å². The number of benzene rings is 1. The van der Waals surface area contributed by atoms with E-state index in [1.54, 1.807) is 0 Å². The molecule has 1 heterocycles. The van der Waals surface area contributed by atoms with Gasteiger partial charge in [-0.25, -0.2) is 4.79 Å². The first-order chi connectivity index (χ1) is 8.93. The lowest BCUT2D eigenvalue weighted by Crippen LogP contribution is -2.55. The number of nitrogen functional groups attached to an aromatic ring is 1. The Labute approximate surface area is 114 Å². The third-order valence-electron chi connectivity index (χ3n) is 2.97. The molecule has 1 saturated heterocycles. The molecule has 6 nitrogen and oxygen atoms in total. The van der Waals surface area contributed by atoms with Gasteiger partial charge in [-0.05, 0) is 18.2 Å². The zero-order valence-electron chi connectivity index (χ0n) is 9.98. The van der Waals surface area contributed by atoms with E-state index in [1.165, 1.54) is 18.2 Å². The van der Waals surface area contributed by atoms with Crippen LogP contribution in [0.5, 0.6) is 0 Å². The molecule has 4 N–H and O–H groups in total. The molecule has 0 saturated carbocycles. The first-order valence-corrected chi connectivity index (χ1v) is 6.00. The minimum atomic E-state index is -1.38. The van der Waals surface area contributed by atoms with Crippen molar-refractivity contribution in [3.8, 4) is 0 Å². The maximum Gasteiger partial charge on any atom is 0.331 e. The largest absolute Gasteiger partial charge is 0.479 e. The highest BCUT2D eigenvalue weighted by Gasteiger charge is 2.44. The Kier molecular flexibility index (Phi) is 3.64. The van der Waals surface area contributed by atoms with Gasteiger partial charge in [-0.2, -0.15) is 0 Å². The zero-order chi connectivity index (χ0) is 14.0. The van der Waals surface area contributed by atoms with Crippen LogP contribution in [0.1, 0.15) is 16.8 Å². The standard InChI is InChI=1S/C12H13ClN2O4/c13-8-3-7(4-9(14)5-8)10(16)15-12(11(17)18)1-2-19-6-12/h3-5H,1-2,6,14H2,(H,15,16)(H,17,18). The predicted molar refractivity (Wildman–Crippen MR) is 69.1 cm³/mol. The second-order valence-electron chi connectivity index (χ2n) is 4.42. The summed E-state index contributed by atoms with van der Waals surface area (Å²) in [7, 11) is 0. The van der Waals surface area contributed by atoms with Crippen LogP contribution in [-0.2, 0) is 9.53 Å². The quantitative estimate of drug-likeness (QED) is 0.716. The Hall–Kier alpha value is -1.79. The number of carbonyl (C=O) groups is 2. The summed E-state index contributed by atoms with van der Waals surface area (Å²) in [6.45, 7) is 0.244. The van der Waals surface area contributed by atoms with Crippen molar-refractivity contribution in [2.75, 3.05) is 18.9 Å². The summed E-state index contributed by atoms with van der Waals surface area (Å²) in [4.78, 5) is 23.3. The first kappa shape index (κ1) is 13.6. The van der Waals surface area contributed by atoms with Gasteiger partial charge in [0.05, 0.1) is 6.61 Å². The summed E-state index contributed by atoms with van der Waals surface area (Å²) < 4.78 is 5.06. The summed E-state index contributed by atoms with van der Waals surface area (Å²) >= 11 is 5.81. The average Bonchev–Trinajstić information content (AvgIpc) is 2.77. The lowest BCUT2D eigenvalue weighted by molar-refractivity contribution is -0.144. The second kappa shape index (κ2) is 5.07. The molecule has 1 aliphatic heterocycles. The molecule has 7 heteroatoms. The molecular formula is C12H13ClN2O4. The Morgan fingerprint density at radius 3 is 2.68 bits per heavy atom. The van der Waals surface area contributed by atoms with Crippen molar-refractivity contribution in [1.29, 1.82) is 0 Å². The summed E-state index contributed by atoms with van der Waals surface area (Å²) in [5.41, 5.74) is 4.77. The van der Waals surface area contributed by atoms with Crippen molar-refractivity contribution in [3.63, 3.8) is 0 Å². The minimum absolute atomic E-state index is 0.0515. The summed E-state index contributed by atoms with van der Waals surface area (Å²) in [5, 5.41) is 12.0. The second-order valence-corrected chi connectivity index (χ2v) is 4.85. The monoisotopic (exact) mass is 284 g/mol. The van der Waals surface area contributed by atoms with Crippen molar-refractivity contribution in [1.82, 2.24) is 5.32 Å². The topological polar surface area (TPSA) is 102 Å². The normalized spacial score (nSPS) is 22.2. The highest BCUT2D eigenvalue weighted by molar-refractivity contribution is 6.31. The number of amides is 1. The summed E-state index contributed by atoms with van der Waals surface area (Å²) in [6.07, 6.45) is 0.226. The van der Waals surface area contributed by atoms with Crippen molar-refractivity contribution < 1.29 is 19.4 Å². The van der Waals surface area contributed by atoms with Gasteiger partial charge >= 0.3 is 5.97 Å². The molecule has 0 aromatic heterocycles. The van der Waals surface area contributed by atoms with E-state index in [1.807, 2.05) is 0 Å². The van der Waals surface area contributed by atoms with Gasteiger partial charge in [0.15, 0.2) is 5.54 Å². The Morgan fingerprint density at radius 1 is 1.42 bits per heavy atom. The van der Waals surface area contributed by atoms with Crippen LogP contribution in [-0.4, -0.2) is 35.7 Å². The number of carboxylic acids is 1. The van der Waals surface area contributed by atoms with Crippen LogP contribution >= 0.6 is 11.6 Å². The molecule has 1 fully saturated rings. The van der Waals surface area contributed by atoms with Crippen molar-refractivity contribution in [3.05, 3.63) is 28.8 Å². The summed E-state index contributed by atoms with van der Waals surface area (Å²) in [5.74, 6) is -1.66. The van der Waals surface area contributed by atoms with E-state index in [-0.39, 0.29) is 18.6 Å². The maximum absolute atomic E-state index is 12.1. The van der Waals surface area contributed by atoms with Crippen LogP contribution in [0.4, 0.5) is 5.69 Å². The molecule has 0 aliphatic carbocycles. The Morgan fingerprint density at radius 2 is 2.16 bits per heavy atom. The molecule has 1 unspecified atom stereocenters.